The van der Waals surface area contributed by atoms with E-state index in [2.05, 4.69) is 5.32 Å². The highest BCUT2D eigenvalue weighted by atomic mass is 16.5. The first-order valence-corrected chi connectivity index (χ1v) is 5.26. The van der Waals surface area contributed by atoms with Crippen molar-refractivity contribution >= 4 is 5.97 Å². The highest BCUT2D eigenvalue weighted by Gasteiger charge is 2.08. The Hall–Kier alpha value is -1.55. The van der Waals surface area contributed by atoms with Crippen LogP contribution in [-0.4, -0.2) is 30.3 Å². The molecule has 0 saturated carbocycles. The molecule has 1 rings (SSSR count). The molecule has 1 aromatic carbocycles. The summed E-state index contributed by atoms with van der Waals surface area (Å²) in [6.45, 7) is 4.56. The molecular formula is C12H17NO3. The van der Waals surface area contributed by atoms with Gasteiger partial charge in [0, 0.05) is 6.54 Å². The van der Waals surface area contributed by atoms with Gasteiger partial charge in [0.15, 0.2) is 0 Å². The lowest BCUT2D eigenvalue weighted by molar-refractivity contribution is -0.139. The Morgan fingerprint density at radius 2 is 2.19 bits per heavy atom. The fourth-order valence-electron chi connectivity index (χ4n) is 1.24. The molecule has 1 atom stereocenters. The van der Waals surface area contributed by atoms with Gasteiger partial charge in [-0.05, 0) is 25.5 Å². The third-order valence-corrected chi connectivity index (χ3v) is 2.27. The van der Waals surface area contributed by atoms with Gasteiger partial charge in [0.05, 0.1) is 0 Å². The van der Waals surface area contributed by atoms with E-state index in [1.807, 2.05) is 31.2 Å². The molecule has 0 spiro atoms. The van der Waals surface area contributed by atoms with Crippen molar-refractivity contribution in [2.45, 2.75) is 19.9 Å². The van der Waals surface area contributed by atoms with E-state index in [1.165, 1.54) is 0 Å². The number of ether oxygens (including phenoxy) is 1. The molecule has 4 nitrogen and oxygen atoms in total. The molecule has 0 radical (unpaired) electrons. The molecule has 0 saturated heterocycles. The van der Waals surface area contributed by atoms with Crippen LogP contribution in [0, 0.1) is 6.92 Å². The molecule has 0 fully saturated rings. The van der Waals surface area contributed by atoms with E-state index < -0.39 is 12.0 Å². The Kier molecular flexibility index (Phi) is 4.79. The van der Waals surface area contributed by atoms with Crippen molar-refractivity contribution < 1.29 is 14.6 Å². The summed E-state index contributed by atoms with van der Waals surface area (Å²) in [7, 11) is 0. The zero-order chi connectivity index (χ0) is 12.0. The Balaban J connectivity index is 2.26. The SMILES string of the molecule is Cc1ccccc1OCCN[C@@H](C)C(=O)O. The largest absolute Gasteiger partial charge is 0.492 e. The number of aliphatic carboxylic acids is 1. The Labute approximate surface area is 95.2 Å². The van der Waals surface area contributed by atoms with E-state index in [4.69, 9.17) is 9.84 Å². The number of para-hydroxylation sites is 1. The van der Waals surface area contributed by atoms with Crippen LogP contribution in [0.4, 0.5) is 0 Å². The van der Waals surface area contributed by atoms with Crippen molar-refractivity contribution in [2.24, 2.45) is 0 Å². The van der Waals surface area contributed by atoms with E-state index in [0.717, 1.165) is 11.3 Å². The lowest BCUT2D eigenvalue weighted by atomic mass is 10.2. The molecule has 4 heteroatoms. The summed E-state index contributed by atoms with van der Waals surface area (Å²) in [5.74, 6) is -0.0110. The minimum atomic E-state index is -0.851. The van der Waals surface area contributed by atoms with Crippen LogP contribution in [0.15, 0.2) is 24.3 Å². The number of nitrogens with one attached hydrogen (secondary N) is 1. The van der Waals surface area contributed by atoms with Crippen molar-refractivity contribution in [2.75, 3.05) is 13.2 Å². The van der Waals surface area contributed by atoms with Gasteiger partial charge >= 0.3 is 5.97 Å². The highest BCUT2D eigenvalue weighted by Crippen LogP contribution is 2.15. The smallest absolute Gasteiger partial charge is 0.320 e. The predicted octanol–water partition coefficient (Wildman–Crippen LogP) is 1.44. The Morgan fingerprint density at radius 3 is 2.81 bits per heavy atom. The zero-order valence-electron chi connectivity index (χ0n) is 9.56. The van der Waals surface area contributed by atoms with Gasteiger partial charge in [-0.1, -0.05) is 18.2 Å². The summed E-state index contributed by atoms with van der Waals surface area (Å²) in [5.41, 5.74) is 1.08. The van der Waals surface area contributed by atoms with Gasteiger partial charge in [0.25, 0.3) is 0 Å². The van der Waals surface area contributed by atoms with Gasteiger partial charge < -0.3 is 15.2 Å². The molecule has 1 aromatic rings. The second kappa shape index (κ2) is 6.12. The number of carboxylic acid groups (broad SMARTS) is 1. The third kappa shape index (κ3) is 3.90. The summed E-state index contributed by atoms with van der Waals surface area (Å²) >= 11 is 0. The Bertz CT molecular complexity index is 352. The fraction of sp³-hybridized carbons (Fsp3) is 0.417. The molecule has 2 N–H and O–H groups in total. The number of rotatable bonds is 6. The van der Waals surface area contributed by atoms with Gasteiger partial charge in [-0.3, -0.25) is 4.79 Å². The maximum absolute atomic E-state index is 10.5. The van der Waals surface area contributed by atoms with E-state index in [1.54, 1.807) is 6.92 Å². The van der Waals surface area contributed by atoms with Crippen molar-refractivity contribution in [3.05, 3.63) is 29.8 Å². The number of hydrogen-bond donors (Lipinski definition) is 2. The van der Waals surface area contributed by atoms with Crippen LogP contribution in [0.2, 0.25) is 0 Å². The first-order chi connectivity index (χ1) is 7.61. The van der Waals surface area contributed by atoms with Crippen molar-refractivity contribution in [3.63, 3.8) is 0 Å². The van der Waals surface area contributed by atoms with Crippen LogP contribution in [0.5, 0.6) is 5.75 Å². The first-order valence-electron chi connectivity index (χ1n) is 5.26. The molecule has 0 aliphatic rings. The number of carbonyl (C=O) groups is 1. The van der Waals surface area contributed by atoms with Crippen molar-refractivity contribution in [3.8, 4) is 5.75 Å². The third-order valence-electron chi connectivity index (χ3n) is 2.27. The van der Waals surface area contributed by atoms with Crippen LogP contribution >= 0.6 is 0 Å². The second-order valence-electron chi connectivity index (χ2n) is 3.63. The van der Waals surface area contributed by atoms with Crippen molar-refractivity contribution in [1.82, 2.24) is 5.32 Å². The average molecular weight is 223 g/mol. The zero-order valence-corrected chi connectivity index (χ0v) is 9.56. The van der Waals surface area contributed by atoms with Crippen LogP contribution in [-0.2, 0) is 4.79 Å². The molecule has 0 unspecified atom stereocenters. The molecule has 0 aromatic heterocycles. The fourth-order valence-corrected chi connectivity index (χ4v) is 1.24. The van der Waals surface area contributed by atoms with E-state index in [0.29, 0.717) is 13.2 Å². The van der Waals surface area contributed by atoms with Crippen molar-refractivity contribution in [1.29, 1.82) is 0 Å². The molecule has 0 heterocycles. The van der Waals surface area contributed by atoms with Crippen LogP contribution in [0.1, 0.15) is 12.5 Å². The van der Waals surface area contributed by atoms with Gasteiger partial charge in [0.1, 0.15) is 18.4 Å². The maximum Gasteiger partial charge on any atom is 0.320 e. The summed E-state index contributed by atoms with van der Waals surface area (Å²) < 4.78 is 5.51. The molecule has 0 bridgehead atoms. The van der Waals surface area contributed by atoms with Crippen LogP contribution in [0.3, 0.4) is 0 Å². The maximum atomic E-state index is 10.5. The second-order valence-corrected chi connectivity index (χ2v) is 3.63. The Morgan fingerprint density at radius 1 is 1.50 bits per heavy atom. The molecule has 16 heavy (non-hydrogen) atoms. The molecule has 0 aliphatic heterocycles. The summed E-state index contributed by atoms with van der Waals surface area (Å²) in [4.78, 5) is 10.5. The standard InChI is InChI=1S/C12H17NO3/c1-9-5-3-4-6-11(9)16-8-7-13-10(2)12(14)15/h3-6,10,13H,7-8H2,1-2H3,(H,14,15)/t10-/m0/s1. The van der Waals surface area contributed by atoms with E-state index >= 15 is 0 Å². The highest BCUT2D eigenvalue weighted by molar-refractivity contribution is 5.72. The van der Waals surface area contributed by atoms with Crippen LogP contribution in [0.25, 0.3) is 0 Å². The number of hydrogen-bond acceptors (Lipinski definition) is 3. The minimum absolute atomic E-state index is 0.461. The van der Waals surface area contributed by atoms with E-state index in [-0.39, 0.29) is 0 Å². The topological polar surface area (TPSA) is 58.6 Å². The van der Waals surface area contributed by atoms with Crippen LogP contribution < -0.4 is 10.1 Å². The number of benzene rings is 1. The predicted molar refractivity (Wildman–Crippen MR) is 61.8 cm³/mol. The lowest BCUT2D eigenvalue weighted by Gasteiger charge is -2.11. The number of carboxylic acids is 1. The van der Waals surface area contributed by atoms with Gasteiger partial charge in [-0.2, -0.15) is 0 Å². The monoisotopic (exact) mass is 223 g/mol. The minimum Gasteiger partial charge on any atom is -0.492 e. The first kappa shape index (κ1) is 12.5. The summed E-state index contributed by atoms with van der Waals surface area (Å²) in [6, 6.07) is 7.20. The van der Waals surface area contributed by atoms with Gasteiger partial charge in [-0.25, -0.2) is 0 Å². The van der Waals surface area contributed by atoms with Gasteiger partial charge in [-0.15, -0.1) is 0 Å². The lowest BCUT2D eigenvalue weighted by Crippen LogP contribution is -2.36. The quantitative estimate of drug-likeness (QED) is 0.716. The summed E-state index contributed by atoms with van der Waals surface area (Å²) in [6.07, 6.45) is 0. The summed E-state index contributed by atoms with van der Waals surface area (Å²) in [5, 5.41) is 11.5. The van der Waals surface area contributed by atoms with Gasteiger partial charge in [0.2, 0.25) is 0 Å². The molecule has 0 aliphatic carbocycles. The average Bonchev–Trinajstić information content (AvgIpc) is 2.26. The molecule has 0 amide bonds. The molecular weight excluding hydrogens is 206 g/mol. The normalized spacial score (nSPS) is 12.1. The molecule has 88 valence electrons. The number of aryl methyl sites for hydroxylation is 1. The van der Waals surface area contributed by atoms with E-state index in [9.17, 15) is 4.79 Å².